The van der Waals surface area contributed by atoms with Gasteiger partial charge in [-0.2, -0.15) is 0 Å². The molecule has 93 heavy (non-hydrogen) atoms. The Bertz CT molecular complexity index is 5000. The van der Waals surface area contributed by atoms with Crippen molar-refractivity contribution in [3.63, 3.8) is 0 Å². The first-order chi connectivity index (χ1) is 45.5. The predicted octanol–water partition coefficient (Wildman–Crippen LogP) is 22.2. The SMILES string of the molecule is CC(C)c1c(-n2c3ccccc3c3ccccc32)ccc2c1N(c1cc(-c3ccccc3)ccc1-c1ccccc1)c1cc(C(C)(C)C)cc3c1B2c1ccc(-n2c4ccccc4c4ccccc42)c(C(C)C)c1N3c1cc(-c2ccccc2)ccc1-c1ccccc1. The summed E-state index contributed by atoms with van der Waals surface area (Å²) in [5.41, 5.74) is 31.0. The van der Waals surface area contributed by atoms with E-state index in [1.165, 1.54) is 133 Å². The Morgan fingerprint density at radius 1 is 0.290 bits per heavy atom. The number of hydrogen-bond donors (Lipinski definition) is 0. The van der Waals surface area contributed by atoms with Crippen molar-refractivity contribution in [3.05, 3.63) is 308 Å². The van der Waals surface area contributed by atoms with E-state index in [0.717, 1.165) is 33.6 Å². The smallest absolute Gasteiger partial charge is 0.252 e. The fourth-order valence-electron chi connectivity index (χ4n) is 15.8. The Labute approximate surface area is 546 Å². The number of benzene rings is 13. The Balaban J connectivity index is 1.08. The lowest BCUT2D eigenvalue weighted by atomic mass is 9.33. The first-order valence-electron chi connectivity index (χ1n) is 33.1. The zero-order chi connectivity index (χ0) is 62.8. The molecule has 2 aliphatic heterocycles. The molecule has 15 aromatic rings. The van der Waals surface area contributed by atoms with Crippen LogP contribution in [0.4, 0.5) is 34.1 Å². The number of nitrogens with zero attached hydrogens (tertiary/aromatic N) is 4. The lowest BCUT2D eigenvalue weighted by Gasteiger charge is -2.48. The molecule has 4 nitrogen and oxygen atoms in total. The molecule has 17 rings (SSSR count). The molecule has 5 heteroatoms. The van der Waals surface area contributed by atoms with Crippen LogP contribution in [-0.4, -0.2) is 15.8 Å². The van der Waals surface area contributed by atoms with Crippen LogP contribution in [0.3, 0.4) is 0 Å². The molecule has 0 saturated carbocycles. The van der Waals surface area contributed by atoms with E-state index in [2.05, 4.69) is 359 Å². The van der Waals surface area contributed by atoms with Gasteiger partial charge in [0.25, 0.3) is 6.71 Å². The quantitative estimate of drug-likeness (QED) is 0.127. The Morgan fingerprint density at radius 2 is 0.613 bits per heavy atom. The number of anilines is 6. The molecule has 0 spiro atoms. The third-order valence-electron chi connectivity index (χ3n) is 20.0. The molecule has 13 aromatic carbocycles. The molecule has 0 N–H and O–H groups in total. The van der Waals surface area contributed by atoms with Crippen molar-refractivity contribution in [2.75, 3.05) is 9.80 Å². The van der Waals surface area contributed by atoms with Crippen LogP contribution in [0, 0.1) is 0 Å². The van der Waals surface area contributed by atoms with Gasteiger partial charge in [0.1, 0.15) is 0 Å². The molecule has 0 saturated heterocycles. The van der Waals surface area contributed by atoms with Gasteiger partial charge in [0.15, 0.2) is 0 Å². The van der Waals surface area contributed by atoms with E-state index in [1.807, 2.05) is 0 Å². The predicted molar refractivity (Wildman–Crippen MR) is 398 cm³/mol. The van der Waals surface area contributed by atoms with Gasteiger partial charge in [-0.25, -0.2) is 0 Å². The second-order valence-corrected chi connectivity index (χ2v) is 27.1. The van der Waals surface area contributed by atoms with Crippen molar-refractivity contribution in [1.82, 2.24) is 9.13 Å². The summed E-state index contributed by atoms with van der Waals surface area (Å²) in [5, 5.41) is 4.99. The summed E-state index contributed by atoms with van der Waals surface area (Å²) in [6, 6.07) is 110. The average Bonchev–Trinajstić information content (AvgIpc) is 1.24. The number of para-hydroxylation sites is 4. The molecule has 0 aliphatic carbocycles. The van der Waals surface area contributed by atoms with E-state index in [1.54, 1.807) is 0 Å². The molecule has 0 atom stereocenters. The molecule has 446 valence electrons. The van der Waals surface area contributed by atoms with E-state index in [0.29, 0.717) is 0 Å². The van der Waals surface area contributed by atoms with Crippen LogP contribution in [0.25, 0.3) is 99.5 Å². The minimum absolute atomic E-state index is 0.0688. The summed E-state index contributed by atoms with van der Waals surface area (Å²) in [5.74, 6) is 0.138. The number of hydrogen-bond acceptors (Lipinski definition) is 2. The zero-order valence-electron chi connectivity index (χ0n) is 53.7. The van der Waals surface area contributed by atoms with E-state index < -0.39 is 0 Å². The lowest BCUT2D eigenvalue weighted by Crippen LogP contribution is -2.62. The second kappa shape index (κ2) is 21.9. The summed E-state index contributed by atoms with van der Waals surface area (Å²) in [7, 11) is 0. The van der Waals surface area contributed by atoms with Crippen molar-refractivity contribution in [2.45, 2.75) is 65.7 Å². The van der Waals surface area contributed by atoms with Crippen molar-refractivity contribution in [3.8, 4) is 55.9 Å². The van der Waals surface area contributed by atoms with E-state index in [-0.39, 0.29) is 24.0 Å². The Kier molecular flexibility index (Phi) is 13.2. The van der Waals surface area contributed by atoms with Gasteiger partial charge in [-0.1, -0.05) is 279 Å². The monoisotopic (exact) mass is 1190 g/mol. The highest BCUT2D eigenvalue weighted by atomic mass is 15.2. The molecule has 2 aromatic heterocycles. The molecule has 0 unspecified atom stereocenters. The van der Waals surface area contributed by atoms with Crippen LogP contribution in [0.2, 0.25) is 0 Å². The maximum absolute atomic E-state index is 2.75. The summed E-state index contributed by atoms with van der Waals surface area (Å²) in [6.07, 6.45) is 0. The van der Waals surface area contributed by atoms with Crippen LogP contribution in [-0.2, 0) is 5.41 Å². The largest absolute Gasteiger partial charge is 0.310 e. The van der Waals surface area contributed by atoms with Gasteiger partial charge in [-0.05, 0) is 133 Å². The molecule has 0 fully saturated rings. The Hall–Kier alpha value is -10.9. The first kappa shape index (κ1) is 56.1. The highest BCUT2D eigenvalue weighted by molar-refractivity contribution is 7.00. The van der Waals surface area contributed by atoms with Gasteiger partial charge < -0.3 is 18.9 Å². The topological polar surface area (TPSA) is 16.3 Å². The summed E-state index contributed by atoms with van der Waals surface area (Å²) in [4.78, 5) is 5.50. The third-order valence-corrected chi connectivity index (χ3v) is 20.0. The van der Waals surface area contributed by atoms with Crippen LogP contribution < -0.4 is 26.2 Å². The molecular formula is C88H71BN4. The Morgan fingerprint density at radius 3 is 0.946 bits per heavy atom. The molecule has 0 bridgehead atoms. The fourth-order valence-corrected chi connectivity index (χ4v) is 15.8. The van der Waals surface area contributed by atoms with Gasteiger partial charge in [0.2, 0.25) is 0 Å². The first-order valence-corrected chi connectivity index (χ1v) is 33.1. The molecule has 0 amide bonds. The van der Waals surface area contributed by atoms with Crippen LogP contribution in [0.15, 0.2) is 291 Å². The van der Waals surface area contributed by atoms with E-state index in [9.17, 15) is 0 Å². The van der Waals surface area contributed by atoms with Crippen molar-refractivity contribution < 1.29 is 0 Å². The maximum atomic E-state index is 2.75. The maximum Gasteiger partial charge on any atom is 0.252 e. The minimum atomic E-state index is -0.293. The lowest BCUT2D eigenvalue weighted by molar-refractivity contribution is 0.590. The van der Waals surface area contributed by atoms with Crippen molar-refractivity contribution >= 4 is 101 Å². The minimum Gasteiger partial charge on any atom is -0.310 e. The van der Waals surface area contributed by atoms with Crippen molar-refractivity contribution in [2.24, 2.45) is 0 Å². The van der Waals surface area contributed by atoms with E-state index in [4.69, 9.17) is 0 Å². The van der Waals surface area contributed by atoms with Gasteiger partial charge in [0.05, 0.1) is 44.8 Å². The van der Waals surface area contributed by atoms with Gasteiger partial charge in [0, 0.05) is 66.5 Å². The highest BCUT2D eigenvalue weighted by Gasteiger charge is 2.48. The molecular weight excluding hydrogens is 1120 g/mol. The molecule has 0 radical (unpaired) electrons. The fraction of sp³-hybridized carbons (Fsp3) is 0.114. The summed E-state index contributed by atoms with van der Waals surface area (Å²) in [6.45, 7) is 16.7. The van der Waals surface area contributed by atoms with Gasteiger partial charge in [-0.15, -0.1) is 0 Å². The highest BCUT2D eigenvalue weighted by Crippen LogP contribution is 2.55. The van der Waals surface area contributed by atoms with E-state index >= 15 is 0 Å². The number of fused-ring (bicyclic) bond motifs is 10. The zero-order valence-corrected chi connectivity index (χ0v) is 53.7. The van der Waals surface area contributed by atoms with Gasteiger partial charge >= 0.3 is 0 Å². The van der Waals surface area contributed by atoms with Crippen LogP contribution in [0.5, 0.6) is 0 Å². The molecule has 4 heterocycles. The average molecular weight is 1200 g/mol. The van der Waals surface area contributed by atoms with Crippen molar-refractivity contribution in [1.29, 1.82) is 0 Å². The number of aromatic nitrogens is 2. The van der Waals surface area contributed by atoms with Crippen LogP contribution in [0.1, 0.15) is 77.0 Å². The normalized spacial score (nSPS) is 12.8. The third kappa shape index (κ3) is 8.88. The number of rotatable bonds is 10. The molecule has 2 aliphatic rings. The summed E-state index contributed by atoms with van der Waals surface area (Å²) < 4.78 is 5.14. The standard InChI is InChI=1S/C88H71BN4/c1-56(2)83-77(90-73-40-24-20-36-67(73)68-37-21-25-41-74(68)90)50-48-71-86(83)92(79-52-62(58-28-12-8-13-29-58)44-46-65(79)60-32-16-10-17-33-60)81-54-64(88(5,6)7)55-82-85(81)89(71)72-49-51-78(91-75-42-26-22-38-69(75)70-39-23-27-43-76(70)91)84(57(3)4)87(72)93(82)80-53-63(59-30-14-9-15-31-59)45-47-66(80)61-34-18-11-19-35-61/h8-57H,1-7H3. The van der Waals surface area contributed by atoms with Crippen LogP contribution >= 0.6 is 0 Å². The summed E-state index contributed by atoms with van der Waals surface area (Å²) >= 11 is 0. The van der Waals surface area contributed by atoms with Gasteiger partial charge in [-0.3, -0.25) is 0 Å². The second-order valence-electron chi connectivity index (χ2n) is 27.1.